The maximum Gasteiger partial charge on any atom is 0.0640 e. The van der Waals surface area contributed by atoms with Crippen LogP contribution in [-0.2, 0) is 0 Å². The molecule has 0 N–H and O–H groups in total. The van der Waals surface area contributed by atoms with Crippen LogP contribution in [0.1, 0.15) is 77.0 Å². The predicted octanol–water partition coefficient (Wildman–Crippen LogP) is 4.62. The number of hydrogen-bond acceptors (Lipinski definition) is 2. The molecule has 0 radical (unpaired) electrons. The van der Waals surface area contributed by atoms with E-state index in [2.05, 4.69) is 4.90 Å². The summed E-state index contributed by atoms with van der Waals surface area (Å²) in [7, 11) is 0. The van der Waals surface area contributed by atoms with E-state index in [0.717, 1.165) is 0 Å². The maximum absolute atomic E-state index is 5.12. The van der Waals surface area contributed by atoms with Gasteiger partial charge in [0.2, 0.25) is 0 Å². The van der Waals surface area contributed by atoms with Crippen LogP contribution < -0.4 is 0 Å². The number of hydrogen-bond donors (Lipinski definition) is 1. The van der Waals surface area contributed by atoms with Gasteiger partial charge in [-0.2, -0.15) is 12.6 Å². The van der Waals surface area contributed by atoms with E-state index in [1.54, 1.807) is 0 Å². The van der Waals surface area contributed by atoms with Gasteiger partial charge in [0.05, 0.1) is 4.87 Å². The van der Waals surface area contributed by atoms with Crippen molar-refractivity contribution in [3.63, 3.8) is 0 Å². The second-order valence-electron chi connectivity index (χ2n) is 6.01. The lowest BCUT2D eigenvalue weighted by Gasteiger charge is -2.42. The van der Waals surface area contributed by atoms with Crippen LogP contribution in [0.15, 0.2) is 0 Å². The van der Waals surface area contributed by atoms with Gasteiger partial charge in [0.15, 0.2) is 0 Å². The van der Waals surface area contributed by atoms with Gasteiger partial charge in [-0.25, -0.2) is 0 Å². The van der Waals surface area contributed by atoms with Gasteiger partial charge in [0.25, 0.3) is 0 Å². The van der Waals surface area contributed by atoms with Gasteiger partial charge in [-0.05, 0) is 38.8 Å². The zero-order chi connectivity index (χ0) is 12.0. The molecule has 1 aliphatic carbocycles. The second kappa shape index (κ2) is 7.04. The predicted molar refractivity (Wildman–Crippen MR) is 78.7 cm³/mol. The van der Waals surface area contributed by atoms with E-state index < -0.39 is 0 Å². The van der Waals surface area contributed by atoms with Crippen molar-refractivity contribution < 1.29 is 0 Å². The summed E-state index contributed by atoms with van der Waals surface area (Å²) in [5, 5.41) is 0. The SMILES string of the molecule is SC1(N2CCCCCCC2)CCCCCCC1. The number of thiol groups is 1. The molecule has 0 amide bonds. The minimum absolute atomic E-state index is 0.234. The molecule has 2 aliphatic rings. The average molecular weight is 255 g/mol. The van der Waals surface area contributed by atoms with Crippen molar-refractivity contribution in [2.45, 2.75) is 81.9 Å². The number of nitrogens with zero attached hydrogens (tertiary/aromatic N) is 1. The van der Waals surface area contributed by atoms with E-state index in [1.165, 1.54) is 90.1 Å². The van der Waals surface area contributed by atoms with Gasteiger partial charge in [-0.1, -0.05) is 51.4 Å². The van der Waals surface area contributed by atoms with Crippen LogP contribution >= 0.6 is 12.6 Å². The average Bonchev–Trinajstić information content (AvgIpc) is 2.23. The molecule has 0 spiro atoms. The first kappa shape index (κ1) is 13.7. The number of likely N-dealkylation sites (tertiary alicyclic amines) is 1. The summed E-state index contributed by atoms with van der Waals surface area (Å²) in [6.07, 6.45) is 16.8. The topological polar surface area (TPSA) is 3.24 Å². The molecule has 2 heteroatoms. The third-order valence-corrected chi connectivity index (χ3v) is 5.33. The summed E-state index contributed by atoms with van der Waals surface area (Å²) in [6, 6.07) is 0. The van der Waals surface area contributed by atoms with Crippen molar-refractivity contribution in [1.82, 2.24) is 4.90 Å². The van der Waals surface area contributed by atoms with Gasteiger partial charge in [0, 0.05) is 0 Å². The van der Waals surface area contributed by atoms with Crippen LogP contribution in [0.3, 0.4) is 0 Å². The van der Waals surface area contributed by atoms with Crippen LogP contribution in [0.5, 0.6) is 0 Å². The zero-order valence-corrected chi connectivity index (χ0v) is 12.2. The smallest absolute Gasteiger partial charge is 0.0640 e. The van der Waals surface area contributed by atoms with Crippen molar-refractivity contribution in [2.24, 2.45) is 0 Å². The Hall–Kier alpha value is 0.310. The first-order valence-corrected chi connectivity index (χ1v) is 8.23. The van der Waals surface area contributed by atoms with E-state index in [4.69, 9.17) is 12.6 Å². The highest BCUT2D eigenvalue weighted by molar-refractivity contribution is 7.81. The summed E-state index contributed by atoms with van der Waals surface area (Å²) in [5.74, 6) is 0. The summed E-state index contributed by atoms with van der Waals surface area (Å²) in [5.41, 5.74) is 0. The first-order chi connectivity index (χ1) is 8.31. The molecule has 0 aromatic heterocycles. The van der Waals surface area contributed by atoms with Gasteiger partial charge in [0.1, 0.15) is 0 Å². The largest absolute Gasteiger partial charge is 0.289 e. The standard InChI is InChI=1S/C15H29NS/c17-15(11-7-3-1-4-8-12-15)16-13-9-5-2-6-10-14-16/h17H,1-14H2. The monoisotopic (exact) mass is 255 g/mol. The molecule has 0 aromatic carbocycles. The Morgan fingerprint density at radius 2 is 1.00 bits per heavy atom. The van der Waals surface area contributed by atoms with Gasteiger partial charge in [-0.3, -0.25) is 4.90 Å². The van der Waals surface area contributed by atoms with Crippen molar-refractivity contribution in [3.05, 3.63) is 0 Å². The molecule has 2 rings (SSSR count). The van der Waals surface area contributed by atoms with Crippen LogP contribution in [0.25, 0.3) is 0 Å². The van der Waals surface area contributed by atoms with Gasteiger partial charge < -0.3 is 0 Å². The highest BCUT2D eigenvalue weighted by Gasteiger charge is 2.32. The van der Waals surface area contributed by atoms with Crippen LogP contribution in [0, 0.1) is 0 Å². The first-order valence-electron chi connectivity index (χ1n) is 7.79. The molecule has 0 unspecified atom stereocenters. The molecular formula is C15H29NS. The Bertz CT molecular complexity index is 201. The maximum atomic E-state index is 5.12. The summed E-state index contributed by atoms with van der Waals surface area (Å²) >= 11 is 5.12. The molecule has 1 saturated heterocycles. The van der Waals surface area contributed by atoms with Crippen LogP contribution in [0.2, 0.25) is 0 Å². The van der Waals surface area contributed by atoms with Crippen molar-refractivity contribution in [2.75, 3.05) is 13.1 Å². The van der Waals surface area contributed by atoms with E-state index in [9.17, 15) is 0 Å². The van der Waals surface area contributed by atoms with E-state index in [0.29, 0.717) is 0 Å². The molecule has 0 aromatic rings. The Balaban J connectivity index is 1.94. The van der Waals surface area contributed by atoms with E-state index in [1.807, 2.05) is 0 Å². The second-order valence-corrected chi connectivity index (χ2v) is 6.84. The van der Waals surface area contributed by atoms with Gasteiger partial charge >= 0.3 is 0 Å². The Kier molecular flexibility index (Phi) is 5.68. The Morgan fingerprint density at radius 3 is 1.53 bits per heavy atom. The lowest BCUT2D eigenvalue weighted by molar-refractivity contribution is 0.127. The molecule has 1 saturated carbocycles. The fourth-order valence-corrected chi connectivity index (χ4v) is 3.97. The highest BCUT2D eigenvalue weighted by atomic mass is 32.1. The van der Waals surface area contributed by atoms with Gasteiger partial charge in [-0.15, -0.1) is 0 Å². The quantitative estimate of drug-likeness (QED) is 0.669. The normalized spacial score (nSPS) is 28.8. The van der Waals surface area contributed by atoms with Crippen molar-refractivity contribution >= 4 is 12.6 Å². The highest BCUT2D eigenvalue weighted by Crippen LogP contribution is 2.36. The lowest BCUT2D eigenvalue weighted by Crippen LogP contribution is -2.46. The fourth-order valence-electron chi connectivity index (χ4n) is 3.45. The van der Waals surface area contributed by atoms with Crippen LogP contribution in [0.4, 0.5) is 0 Å². The molecule has 0 atom stereocenters. The zero-order valence-electron chi connectivity index (χ0n) is 11.3. The molecule has 0 bridgehead atoms. The van der Waals surface area contributed by atoms with Crippen LogP contribution in [-0.4, -0.2) is 22.9 Å². The van der Waals surface area contributed by atoms with Crippen molar-refractivity contribution in [1.29, 1.82) is 0 Å². The minimum Gasteiger partial charge on any atom is -0.289 e. The molecule has 1 nitrogen and oxygen atoms in total. The van der Waals surface area contributed by atoms with E-state index in [-0.39, 0.29) is 4.87 Å². The van der Waals surface area contributed by atoms with E-state index >= 15 is 0 Å². The minimum atomic E-state index is 0.234. The molecular weight excluding hydrogens is 226 g/mol. The third-order valence-electron chi connectivity index (χ3n) is 4.60. The number of rotatable bonds is 1. The Morgan fingerprint density at radius 1 is 0.588 bits per heavy atom. The molecule has 2 fully saturated rings. The Labute approximate surface area is 113 Å². The third kappa shape index (κ3) is 4.17. The fraction of sp³-hybridized carbons (Fsp3) is 1.00. The molecule has 17 heavy (non-hydrogen) atoms. The summed E-state index contributed by atoms with van der Waals surface area (Å²) < 4.78 is 0. The molecule has 1 heterocycles. The summed E-state index contributed by atoms with van der Waals surface area (Å²) in [6.45, 7) is 2.59. The van der Waals surface area contributed by atoms with Crippen molar-refractivity contribution in [3.8, 4) is 0 Å². The molecule has 100 valence electrons. The lowest BCUT2D eigenvalue weighted by atomic mass is 9.93. The summed E-state index contributed by atoms with van der Waals surface area (Å²) in [4.78, 5) is 2.96. The molecule has 1 aliphatic heterocycles.